The van der Waals surface area contributed by atoms with Crippen molar-refractivity contribution in [2.45, 2.75) is 37.2 Å². The van der Waals surface area contributed by atoms with Crippen LogP contribution in [0.4, 0.5) is 0 Å². The van der Waals surface area contributed by atoms with E-state index in [9.17, 15) is 18.0 Å². The van der Waals surface area contributed by atoms with E-state index in [1.807, 2.05) is 24.4 Å². The Balaban J connectivity index is 1.58. The number of thiophene rings is 1. The highest BCUT2D eigenvalue weighted by Crippen LogP contribution is 2.27. The number of amides is 1. The Morgan fingerprint density at radius 2 is 2.00 bits per heavy atom. The number of esters is 1. The van der Waals surface area contributed by atoms with E-state index in [-0.39, 0.29) is 11.4 Å². The molecule has 1 aliphatic rings. The summed E-state index contributed by atoms with van der Waals surface area (Å²) in [5.74, 6) is -1.12. The summed E-state index contributed by atoms with van der Waals surface area (Å²) >= 11 is 1.52. The molecule has 1 saturated heterocycles. The first-order chi connectivity index (χ1) is 13.4. The number of nitrogens with zero attached hydrogens (tertiary/aromatic N) is 1. The van der Waals surface area contributed by atoms with Crippen LogP contribution in [-0.2, 0) is 30.9 Å². The zero-order valence-electron chi connectivity index (χ0n) is 15.5. The zero-order valence-corrected chi connectivity index (χ0v) is 17.1. The van der Waals surface area contributed by atoms with Gasteiger partial charge in [0, 0.05) is 11.4 Å². The Morgan fingerprint density at radius 3 is 2.68 bits per heavy atom. The van der Waals surface area contributed by atoms with E-state index < -0.39 is 34.5 Å². The summed E-state index contributed by atoms with van der Waals surface area (Å²) in [5, 5.41) is 4.57. The summed E-state index contributed by atoms with van der Waals surface area (Å²) in [4.78, 5) is 25.4. The second-order valence-electron chi connectivity index (χ2n) is 6.55. The van der Waals surface area contributed by atoms with Crippen LogP contribution in [0.3, 0.4) is 0 Å². The van der Waals surface area contributed by atoms with Gasteiger partial charge in [-0.15, -0.1) is 11.3 Å². The molecular weight excluding hydrogens is 400 g/mol. The lowest BCUT2D eigenvalue weighted by atomic mass is 10.2. The van der Waals surface area contributed by atoms with Crippen LogP contribution in [0.1, 0.15) is 23.3 Å². The monoisotopic (exact) mass is 422 g/mol. The Hall–Kier alpha value is -2.23. The second kappa shape index (κ2) is 8.85. The van der Waals surface area contributed by atoms with Crippen LogP contribution in [0.25, 0.3) is 0 Å². The van der Waals surface area contributed by atoms with Crippen molar-refractivity contribution in [1.82, 2.24) is 9.62 Å². The van der Waals surface area contributed by atoms with E-state index in [0.717, 1.165) is 10.4 Å². The van der Waals surface area contributed by atoms with Crippen molar-refractivity contribution < 1.29 is 22.7 Å². The Morgan fingerprint density at radius 1 is 1.25 bits per heavy atom. The van der Waals surface area contributed by atoms with Gasteiger partial charge in [-0.3, -0.25) is 9.59 Å². The van der Waals surface area contributed by atoms with Gasteiger partial charge in [-0.05, 0) is 43.3 Å². The molecule has 150 valence electrons. The van der Waals surface area contributed by atoms with Crippen molar-refractivity contribution in [2.24, 2.45) is 0 Å². The number of aryl methyl sites for hydroxylation is 1. The predicted octanol–water partition coefficient (Wildman–Crippen LogP) is 2.07. The second-order valence-corrected chi connectivity index (χ2v) is 9.47. The molecular formula is C19H22N2O5S2. The van der Waals surface area contributed by atoms with Crippen LogP contribution < -0.4 is 5.32 Å². The van der Waals surface area contributed by atoms with E-state index in [0.29, 0.717) is 19.4 Å². The third-order valence-corrected chi connectivity index (χ3v) is 7.29. The van der Waals surface area contributed by atoms with Crippen LogP contribution in [0.15, 0.2) is 46.7 Å². The SMILES string of the molecule is Cc1ccc(S(=O)(=O)N2CCC[C@H]2C(=O)OCC(=O)NCc2cccs2)cc1. The first-order valence-electron chi connectivity index (χ1n) is 8.92. The Kier molecular flexibility index (Phi) is 6.48. The first-order valence-corrected chi connectivity index (χ1v) is 11.2. The molecule has 1 atom stereocenters. The minimum atomic E-state index is -3.79. The fourth-order valence-corrected chi connectivity index (χ4v) is 5.28. The van der Waals surface area contributed by atoms with Crippen molar-refractivity contribution in [3.05, 3.63) is 52.2 Å². The number of nitrogens with one attached hydrogen (secondary N) is 1. The highest BCUT2D eigenvalue weighted by atomic mass is 32.2. The smallest absolute Gasteiger partial charge is 0.324 e. The maximum Gasteiger partial charge on any atom is 0.324 e. The molecule has 0 bridgehead atoms. The summed E-state index contributed by atoms with van der Waals surface area (Å²) in [6.45, 7) is 2.06. The Bertz CT molecular complexity index is 924. The molecule has 3 rings (SSSR count). The average Bonchev–Trinajstić information content (AvgIpc) is 3.36. The van der Waals surface area contributed by atoms with Crippen molar-refractivity contribution in [1.29, 1.82) is 0 Å². The Labute approximate surface area is 168 Å². The lowest BCUT2D eigenvalue weighted by Crippen LogP contribution is -2.42. The van der Waals surface area contributed by atoms with Crippen LogP contribution in [0.2, 0.25) is 0 Å². The lowest BCUT2D eigenvalue weighted by molar-refractivity contribution is -0.151. The standard InChI is InChI=1S/C19H22N2O5S2/c1-14-6-8-16(9-7-14)28(24,25)21-10-2-5-17(21)19(23)26-13-18(22)20-12-15-4-3-11-27-15/h3-4,6-9,11,17H,2,5,10,12-13H2,1H3,(H,20,22)/t17-/m0/s1. The average molecular weight is 423 g/mol. The number of hydrogen-bond donors (Lipinski definition) is 1. The van der Waals surface area contributed by atoms with Crippen molar-refractivity contribution in [3.63, 3.8) is 0 Å². The fourth-order valence-electron chi connectivity index (χ4n) is 2.99. The fraction of sp³-hybridized carbons (Fsp3) is 0.368. The molecule has 28 heavy (non-hydrogen) atoms. The molecule has 0 aliphatic carbocycles. The third-order valence-electron chi connectivity index (χ3n) is 4.49. The first kappa shape index (κ1) is 20.5. The minimum Gasteiger partial charge on any atom is -0.454 e. The largest absolute Gasteiger partial charge is 0.454 e. The van der Waals surface area contributed by atoms with E-state index in [2.05, 4.69) is 5.32 Å². The maximum absolute atomic E-state index is 12.9. The van der Waals surface area contributed by atoms with Crippen LogP contribution in [0, 0.1) is 6.92 Å². The third kappa shape index (κ3) is 4.78. The summed E-state index contributed by atoms with van der Waals surface area (Å²) in [7, 11) is -3.79. The highest BCUT2D eigenvalue weighted by Gasteiger charge is 2.40. The van der Waals surface area contributed by atoms with Gasteiger partial charge in [0.15, 0.2) is 6.61 Å². The summed E-state index contributed by atoms with van der Waals surface area (Å²) in [5.41, 5.74) is 0.949. The molecule has 0 spiro atoms. The quantitative estimate of drug-likeness (QED) is 0.690. The molecule has 0 saturated carbocycles. The maximum atomic E-state index is 12.9. The number of hydrogen-bond acceptors (Lipinski definition) is 6. The van der Waals surface area contributed by atoms with Gasteiger partial charge >= 0.3 is 5.97 Å². The van der Waals surface area contributed by atoms with Gasteiger partial charge < -0.3 is 10.1 Å². The van der Waals surface area contributed by atoms with E-state index in [1.54, 1.807) is 12.1 Å². The van der Waals surface area contributed by atoms with E-state index in [1.165, 1.54) is 27.8 Å². The topological polar surface area (TPSA) is 92.8 Å². The molecule has 1 aromatic carbocycles. The molecule has 2 aromatic rings. The number of benzene rings is 1. The van der Waals surface area contributed by atoms with Crippen LogP contribution in [-0.4, -0.2) is 43.8 Å². The van der Waals surface area contributed by atoms with Crippen molar-refractivity contribution in [3.8, 4) is 0 Å². The molecule has 1 aromatic heterocycles. The molecule has 7 nitrogen and oxygen atoms in total. The number of ether oxygens (including phenoxy) is 1. The van der Waals surface area contributed by atoms with Crippen molar-refractivity contribution >= 4 is 33.2 Å². The molecule has 0 unspecified atom stereocenters. The van der Waals surface area contributed by atoms with Gasteiger partial charge in [0.25, 0.3) is 5.91 Å². The molecule has 0 radical (unpaired) electrons. The van der Waals surface area contributed by atoms with Crippen LogP contribution in [0.5, 0.6) is 0 Å². The number of sulfonamides is 1. The summed E-state index contributed by atoms with van der Waals surface area (Å²) < 4.78 is 32.0. The molecule has 9 heteroatoms. The number of carbonyl (C=O) groups is 2. The summed E-state index contributed by atoms with van der Waals surface area (Å²) in [6, 6.07) is 9.37. The van der Waals surface area contributed by atoms with Gasteiger partial charge in [0.1, 0.15) is 6.04 Å². The van der Waals surface area contributed by atoms with Gasteiger partial charge in [-0.2, -0.15) is 4.31 Å². The molecule has 1 amide bonds. The molecule has 1 fully saturated rings. The van der Waals surface area contributed by atoms with Gasteiger partial charge in [0.2, 0.25) is 10.0 Å². The predicted molar refractivity (Wildman–Crippen MR) is 105 cm³/mol. The number of rotatable bonds is 7. The molecule has 1 aliphatic heterocycles. The molecule has 1 N–H and O–H groups in total. The zero-order chi connectivity index (χ0) is 20.1. The van der Waals surface area contributed by atoms with E-state index in [4.69, 9.17) is 4.74 Å². The molecule has 2 heterocycles. The lowest BCUT2D eigenvalue weighted by Gasteiger charge is -2.22. The normalized spacial score (nSPS) is 17.4. The van der Waals surface area contributed by atoms with Crippen molar-refractivity contribution in [2.75, 3.05) is 13.2 Å². The minimum absolute atomic E-state index is 0.145. The van der Waals surface area contributed by atoms with Crippen LogP contribution >= 0.6 is 11.3 Å². The summed E-state index contributed by atoms with van der Waals surface area (Å²) in [6.07, 6.45) is 0.941. The van der Waals surface area contributed by atoms with Gasteiger partial charge in [0.05, 0.1) is 11.4 Å². The van der Waals surface area contributed by atoms with E-state index >= 15 is 0 Å². The highest BCUT2D eigenvalue weighted by molar-refractivity contribution is 7.89. The number of carbonyl (C=O) groups excluding carboxylic acids is 2. The van der Waals surface area contributed by atoms with Gasteiger partial charge in [-0.1, -0.05) is 23.8 Å². The van der Waals surface area contributed by atoms with Gasteiger partial charge in [-0.25, -0.2) is 8.42 Å².